The second-order valence-corrected chi connectivity index (χ2v) is 5.92. The Bertz CT molecular complexity index is 936. The topological polar surface area (TPSA) is 75.5 Å². The minimum Gasteiger partial charge on any atom is -0.508 e. The largest absolute Gasteiger partial charge is 0.508 e. The number of hydrogen-bond acceptors (Lipinski definition) is 6. The highest BCUT2D eigenvalue weighted by atomic mass is 16.5. The number of carbonyl (C=O) groups excluding carboxylic acids is 1. The quantitative estimate of drug-likeness (QED) is 0.742. The van der Waals surface area contributed by atoms with Crippen LogP contribution in [0.15, 0.2) is 42.6 Å². The number of aromatic hydroxyl groups is 1. The molecule has 1 saturated heterocycles. The molecule has 1 N–H and O–H groups in total. The number of phenolic OH excluding ortho intramolecular Hbond substituents is 1. The van der Waals surface area contributed by atoms with Crippen LogP contribution in [0.1, 0.15) is 10.5 Å². The second kappa shape index (κ2) is 6.49. The Hall–Kier alpha value is -2.99. The fraction of sp³-hybridized carbons (Fsp3) is 0.211. The van der Waals surface area contributed by atoms with Gasteiger partial charge in [0.05, 0.1) is 30.1 Å². The molecule has 6 nitrogen and oxygen atoms in total. The van der Waals surface area contributed by atoms with Crippen LogP contribution < -0.4 is 4.90 Å². The van der Waals surface area contributed by atoms with Gasteiger partial charge in [-0.15, -0.1) is 0 Å². The summed E-state index contributed by atoms with van der Waals surface area (Å²) in [6.07, 6.45) is 2.42. The van der Waals surface area contributed by atoms with Crippen LogP contribution in [-0.2, 0) is 4.74 Å². The number of aldehydes is 1. The van der Waals surface area contributed by atoms with Gasteiger partial charge in [-0.2, -0.15) is 0 Å². The molecule has 1 aliphatic rings. The van der Waals surface area contributed by atoms with Crippen molar-refractivity contribution < 1.29 is 14.6 Å². The molecule has 0 spiro atoms. The maximum Gasteiger partial charge on any atom is 0.168 e. The fourth-order valence-electron chi connectivity index (χ4n) is 3.06. The van der Waals surface area contributed by atoms with Crippen molar-refractivity contribution >= 4 is 22.9 Å². The molecule has 1 aromatic carbocycles. The van der Waals surface area contributed by atoms with Crippen LogP contribution in [0, 0.1) is 0 Å². The van der Waals surface area contributed by atoms with Gasteiger partial charge in [0.2, 0.25) is 0 Å². The molecule has 0 amide bonds. The lowest BCUT2D eigenvalue weighted by atomic mass is 10.1. The van der Waals surface area contributed by atoms with Crippen molar-refractivity contribution in [2.24, 2.45) is 0 Å². The second-order valence-electron chi connectivity index (χ2n) is 5.92. The minimum atomic E-state index is 0.190. The van der Waals surface area contributed by atoms with Gasteiger partial charge in [0.15, 0.2) is 6.29 Å². The molecule has 6 heteroatoms. The molecule has 0 radical (unpaired) electrons. The highest BCUT2D eigenvalue weighted by Crippen LogP contribution is 2.32. The summed E-state index contributed by atoms with van der Waals surface area (Å²) in [6, 6.07) is 10.7. The molecule has 3 heterocycles. The smallest absolute Gasteiger partial charge is 0.168 e. The molecule has 0 unspecified atom stereocenters. The van der Waals surface area contributed by atoms with Gasteiger partial charge in [-0.3, -0.25) is 9.78 Å². The SMILES string of the molecule is O=Cc1cc2nc(-c3cccc(O)c3)cc(N3CCOCC3)c2cn1. The van der Waals surface area contributed by atoms with Gasteiger partial charge in [0, 0.05) is 30.2 Å². The van der Waals surface area contributed by atoms with Crippen LogP contribution in [-0.4, -0.2) is 47.7 Å². The number of nitrogens with zero attached hydrogens (tertiary/aromatic N) is 3. The summed E-state index contributed by atoms with van der Waals surface area (Å²) in [6.45, 7) is 2.91. The van der Waals surface area contributed by atoms with Gasteiger partial charge < -0.3 is 14.7 Å². The van der Waals surface area contributed by atoms with Crippen LogP contribution in [0.2, 0.25) is 0 Å². The Morgan fingerprint density at radius 2 is 2.00 bits per heavy atom. The van der Waals surface area contributed by atoms with E-state index in [9.17, 15) is 9.90 Å². The van der Waals surface area contributed by atoms with Gasteiger partial charge in [0.25, 0.3) is 0 Å². The van der Waals surface area contributed by atoms with Crippen LogP contribution in [0.25, 0.3) is 22.2 Å². The Balaban J connectivity index is 1.92. The summed E-state index contributed by atoms with van der Waals surface area (Å²) in [7, 11) is 0. The molecule has 0 bridgehead atoms. The third kappa shape index (κ3) is 3.04. The van der Waals surface area contributed by atoms with Crippen molar-refractivity contribution in [3.05, 3.63) is 48.3 Å². The summed E-state index contributed by atoms with van der Waals surface area (Å²) < 4.78 is 5.45. The Labute approximate surface area is 144 Å². The maximum absolute atomic E-state index is 11.1. The molecule has 0 saturated carbocycles. The monoisotopic (exact) mass is 335 g/mol. The lowest BCUT2D eigenvalue weighted by Gasteiger charge is -2.30. The number of pyridine rings is 2. The third-order valence-electron chi connectivity index (χ3n) is 4.31. The van der Waals surface area contributed by atoms with E-state index in [-0.39, 0.29) is 5.75 Å². The number of ether oxygens (including phenoxy) is 1. The Kier molecular flexibility index (Phi) is 4.03. The van der Waals surface area contributed by atoms with E-state index in [0.717, 1.165) is 41.7 Å². The molecule has 126 valence electrons. The minimum absolute atomic E-state index is 0.190. The molecule has 0 atom stereocenters. The fourth-order valence-corrected chi connectivity index (χ4v) is 3.06. The van der Waals surface area contributed by atoms with E-state index in [4.69, 9.17) is 4.74 Å². The lowest BCUT2D eigenvalue weighted by Crippen LogP contribution is -2.36. The highest BCUT2D eigenvalue weighted by molar-refractivity contribution is 5.95. The summed E-state index contributed by atoms with van der Waals surface area (Å²) in [5.74, 6) is 0.190. The van der Waals surface area contributed by atoms with E-state index in [2.05, 4.69) is 14.9 Å². The van der Waals surface area contributed by atoms with Crippen LogP contribution in [0.3, 0.4) is 0 Å². The zero-order valence-corrected chi connectivity index (χ0v) is 13.6. The molecule has 0 aliphatic carbocycles. The summed E-state index contributed by atoms with van der Waals surface area (Å²) in [5.41, 5.74) is 3.63. The van der Waals surface area contributed by atoms with Crippen molar-refractivity contribution in [2.75, 3.05) is 31.2 Å². The van der Waals surface area contributed by atoms with E-state index < -0.39 is 0 Å². The van der Waals surface area contributed by atoms with E-state index in [1.165, 1.54) is 0 Å². The number of carbonyl (C=O) groups is 1. The van der Waals surface area contributed by atoms with Crippen molar-refractivity contribution in [3.63, 3.8) is 0 Å². The lowest BCUT2D eigenvalue weighted by molar-refractivity contribution is 0.111. The van der Waals surface area contributed by atoms with Crippen molar-refractivity contribution in [1.29, 1.82) is 0 Å². The Morgan fingerprint density at radius 1 is 1.16 bits per heavy atom. The number of morpholine rings is 1. The van der Waals surface area contributed by atoms with Gasteiger partial charge in [-0.1, -0.05) is 12.1 Å². The predicted octanol–water partition coefficient (Wildman–Crippen LogP) is 2.65. The van der Waals surface area contributed by atoms with Crippen molar-refractivity contribution in [2.45, 2.75) is 0 Å². The molecule has 3 aromatic rings. The van der Waals surface area contributed by atoms with Crippen molar-refractivity contribution in [3.8, 4) is 17.0 Å². The highest BCUT2D eigenvalue weighted by Gasteiger charge is 2.17. The zero-order valence-electron chi connectivity index (χ0n) is 13.6. The first kappa shape index (κ1) is 15.5. The number of phenols is 1. The third-order valence-corrected chi connectivity index (χ3v) is 4.31. The molecule has 25 heavy (non-hydrogen) atoms. The van der Waals surface area contributed by atoms with Crippen LogP contribution in [0.5, 0.6) is 5.75 Å². The molecular weight excluding hydrogens is 318 g/mol. The van der Waals surface area contributed by atoms with E-state index >= 15 is 0 Å². The van der Waals surface area contributed by atoms with Gasteiger partial charge in [0.1, 0.15) is 11.4 Å². The average Bonchev–Trinajstić information content (AvgIpc) is 2.67. The van der Waals surface area contributed by atoms with E-state index in [1.54, 1.807) is 30.5 Å². The maximum atomic E-state index is 11.1. The van der Waals surface area contributed by atoms with E-state index in [1.807, 2.05) is 12.1 Å². The zero-order chi connectivity index (χ0) is 17.2. The summed E-state index contributed by atoms with van der Waals surface area (Å²) >= 11 is 0. The number of aromatic nitrogens is 2. The predicted molar refractivity (Wildman–Crippen MR) is 95.1 cm³/mol. The molecule has 4 rings (SSSR count). The number of rotatable bonds is 3. The van der Waals surface area contributed by atoms with Crippen molar-refractivity contribution in [1.82, 2.24) is 9.97 Å². The summed E-state index contributed by atoms with van der Waals surface area (Å²) in [5, 5.41) is 10.7. The number of hydrogen-bond donors (Lipinski definition) is 1. The molecular formula is C19H17N3O3. The van der Waals surface area contributed by atoms with Gasteiger partial charge in [-0.25, -0.2) is 4.98 Å². The normalized spacial score (nSPS) is 14.6. The average molecular weight is 335 g/mol. The van der Waals surface area contributed by atoms with Crippen LogP contribution >= 0.6 is 0 Å². The first-order valence-corrected chi connectivity index (χ1v) is 8.13. The number of fused-ring (bicyclic) bond motifs is 1. The number of benzene rings is 1. The van der Waals surface area contributed by atoms with E-state index in [0.29, 0.717) is 24.4 Å². The van der Waals surface area contributed by atoms with Gasteiger partial charge >= 0.3 is 0 Å². The van der Waals surface area contributed by atoms with Gasteiger partial charge in [-0.05, 0) is 24.3 Å². The molecule has 2 aromatic heterocycles. The van der Waals surface area contributed by atoms with Crippen LogP contribution in [0.4, 0.5) is 5.69 Å². The Morgan fingerprint density at radius 3 is 2.76 bits per heavy atom. The molecule has 1 fully saturated rings. The summed E-state index contributed by atoms with van der Waals surface area (Å²) in [4.78, 5) is 22.2. The molecule has 1 aliphatic heterocycles. The standard InChI is InChI=1S/C19H17N3O3/c23-12-14-9-18-16(11-20-14)19(22-4-6-25-7-5-22)10-17(21-18)13-2-1-3-15(24)8-13/h1-3,8-12,24H,4-7H2. The number of anilines is 1. The first-order chi connectivity index (χ1) is 12.2. The first-order valence-electron chi connectivity index (χ1n) is 8.13.